The average molecular weight is 307 g/mol. The molecule has 0 atom stereocenters. The highest BCUT2D eigenvalue weighted by Crippen LogP contribution is 2.22. The first kappa shape index (κ1) is 15.3. The van der Waals surface area contributed by atoms with Crippen LogP contribution in [0.4, 0.5) is 26.3 Å². The van der Waals surface area contributed by atoms with Crippen LogP contribution in [0.5, 0.6) is 0 Å². The van der Waals surface area contributed by atoms with E-state index in [1.165, 1.54) is 0 Å². The highest BCUT2D eigenvalue weighted by atomic mass is 32.2. The van der Waals surface area contributed by atoms with Gasteiger partial charge in [-0.1, -0.05) is 0 Å². The lowest BCUT2D eigenvalue weighted by atomic mass is 10.2. The van der Waals surface area contributed by atoms with E-state index in [1.807, 2.05) is 0 Å². The molecule has 0 saturated heterocycles. The minimum absolute atomic E-state index is 0.257. The molecule has 106 valence electrons. The molecule has 1 rings (SSSR count). The number of hydrogen-bond acceptors (Lipinski definition) is 3. The summed E-state index contributed by atoms with van der Waals surface area (Å²) in [7, 11) is -6.07. The second-order valence-electron chi connectivity index (χ2n) is 3.10. The van der Waals surface area contributed by atoms with Gasteiger partial charge in [0, 0.05) is 0 Å². The van der Waals surface area contributed by atoms with Gasteiger partial charge in [-0.2, -0.15) is 21.6 Å². The molecule has 0 fully saturated rings. The molecule has 0 bridgehead atoms. The molecule has 0 radical (unpaired) electrons. The highest BCUT2D eigenvalue weighted by Gasteiger charge is 2.47. The highest BCUT2D eigenvalue weighted by molar-refractivity contribution is 7.90. The molecular formula is C8H3F6NO3S. The summed E-state index contributed by atoms with van der Waals surface area (Å²) in [5.41, 5.74) is -7.19. The third kappa shape index (κ3) is 2.97. The Balaban J connectivity index is 3.15. The quantitative estimate of drug-likeness (QED) is 0.668. The molecule has 0 spiro atoms. The summed E-state index contributed by atoms with van der Waals surface area (Å²) >= 11 is 0. The van der Waals surface area contributed by atoms with Crippen molar-refractivity contribution in [2.45, 2.75) is 5.51 Å². The minimum Gasteiger partial charge on any atom is -0.268 e. The Bertz CT molecular complexity index is 624. The second-order valence-corrected chi connectivity index (χ2v) is 4.78. The van der Waals surface area contributed by atoms with E-state index in [4.69, 9.17) is 0 Å². The van der Waals surface area contributed by atoms with Gasteiger partial charge in [0.1, 0.15) is 0 Å². The van der Waals surface area contributed by atoms with E-state index in [1.54, 1.807) is 0 Å². The molecule has 0 aromatic heterocycles. The van der Waals surface area contributed by atoms with Crippen LogP contribution in [0.2, 0.25) is 0 Å². The van der Waals surface area contributed by atoms with Gasteiger partial charge in [-0.25, -0.2) is 17.9 Å². The van der Waals surface area contributed by atoms with Crippen molar-refractivity contribution in [2.75, 3.05) is 0 Å². The lowest BCUT2D eigenvalue weighted by Gasteiger charge is -2.10. The Morgan fingerprint density at radius 1 is 1.05 bits per heavy atom. The van der Waals surface area contributed by atoms with Crippen molar-refractivity contribution >= 4 is 15.9 Å². The van der Waals surface area contributed by atoms with Crippen molar-refractivity contribution in [3.63, 3.8) is 0 Å². The lowest BCUT2D eigenvalue weighted by Crippen LogP contribution is -2.40. The fraction of sp³-hybridized carbons (Fsp3) is 0.125. The molecule has 1 aromatic carbocycles. The lowest BCUT2D eigenvalue weighted by molar-refractivity contribution is -0.0446. The predicted molar refractivity (Wildman–Crippen MR) is 48.8 cm³/mol. The molecule has 0 heterocycles. The summed E-state index contributed by atoms with van der Waals surface area (Å²) in [5, 5.41) is 0. The molecular weight excluding hydrogens is 304 g/mol. The van der Waals surface area contributed by atoms with E-state index >= 15 is 0 Å². The smallest absolute Gasteiger partial charge is 0.268 e. The zero-order chi connectivity index (χ0) is 15.0. The summed E-state index contributed by atoms with van der Waals surface area (Å²) in [6, 6.07) is 0.558. The van der Waals surface area contributed by atoms with Crippen molar-refractivity contribution in [3.05, 3.63) is 35.1 Å². The average Bonchev–Trinajstić information content (AvgIpc) is 2.23. The van der Waals surface area contributed by atoms with Crippen LogP contribution >= 0.6 is 0 Å². The van der Waals surface area contributed by atoms with Crippen LogP contribution in [0.25, 0.3) is 0 Å². The van der Waals surface area contributed by atoms with Crippen molar-refractivity contribution in [3.8, 4) is 0 Å². The van der Waals surface area contributed by atoms with Crippen molar-refractivity contribution in [2.24, 2.45) is 0 Å². The number of rotatable bonds is 2. The van der Waals surface area contributed by atoms with Crippen LogP contribution in [0, 0.1) is 17.5 Å². The zero-order valence-corrected chi connectivity index (χ0v) is 9.37. The van der Waals surface area contributed by atoms with Gasteiger partial charge in [-0.3, -0.25) is 4.79 Å². The Hall–Kier alpha value is -1.78. The van der Waals surface area contributed by atoms with Gasteiger partial charge >= 0.3 is 15.5 Å². The van der Waals surface area contributed by atoms with E-state index in [0.29, 0.717) is 10.8 Å². The Kier molecular flexibility index (Phi) is 3.79. The minimum atomic E-state index is -6.07. The van der Waals surface area contributed by atoms with E-state index in [0.717, 1.165) is 0 Å². The number of sulfonamides is 1. The molecule has 1 amide bonds. The van der Waals surface area contributed by atoms with Crippen LogP contribution < -0.4 is 4.72 Å². The van der Waals surface area contributed by atoms with Crippen LogP contribution in [0.3, 0.4) is 0 Å². The summed E-state index contributed by atoms with van der Waals surface area (Å²) in [6.07, 6.45) is 0. The van der Waals surface area contributed by atoms with Crippen LogP contribution in [-0.2, 0) is 10.0 Å². The summed E-state index contributed by atoms with van der Waals surface area (Å²) in [5.74, 6) is -7.98. The van der Waals surface area contributed by atoms with Gasteiger partial charge in [-0.15, -0.1) is 0 Å². The largest absolute Gasteiger partial charge is 0.516 e. The van der Waals surface area contributed by atoms with E-state index < -0.39 is 44.5 Å². The number of alkyl halides is 3. The van der Waals surface area contributed by atoms with Gasteiger partial charge in [-0.05, 0) is 12.1 Å². The fourth-order valence-corrected chi connectivity index (χ4v) is 1.41. The number of amides is 1. The first-order valence-electron chi connectivity index (χ1n) is 4.24. The third-order valence-corrected chi connectivity index (χ3v) is 2.88. The monoisotopic (exact) mass is 307 g/mol. The number of benzene rings is 1. The van der Waals surface area contributed by atoms with Crippen LogP contribution in [-0.4, -0.2) is 19.8 Å². The maximum atomic E-state index is 13.0. The molecule has 19 heavy (non-hydrogen) atoms. The third-order valence-electron chi connectivity index (χ3n) is 1.81. The molecule has 1 N–H and O–H groups in total. The van der Waals surface area contributed by atoms with Gasteiger partial charge < -0.3 is 0 Å². The Labute approximate surface area is 102 Å². The van der Waals surface area contributed by atoms with Crippen molar-refractivity contribution in [1.29, 1.82) is 0 Å². The first-order chi connectivity index (χ1) is 8.47. The number of nitrogens with one attached hydrogen (secondary N) is 1. The zero-order valence-electron chi connectivity index (χ0n) is 8.56. The second kappa shape index (κ2) is 4.72. The molecule has 0 unspecified atom stereocenters. The van der Waals surface area contributed by atoms with E-state index in [-0.39, 0.29) is 6.07 Å². The van der Waals surface area contributed by atoms with Crippen molar-refractivity contribution < 1.29 is 39.6 Å². The summed E-state index contributed by atoms with van der Waals surface area (Å²) in [4.78, 5) is 11.1. The SMILES string of the molecule is O=C(NS(=O)(=O)C(F)(F)F)c1ccc(F)c(F)c1F. The van der Waals surface area contributed by atoms with Gasteiger partial charge in [0.05, 0.1) is 5.56 Å². The topological polar surface area (TPSA) is 63.2 Å². The summed E-state index contributed by atoms with van der Waals surface area (Å²) < 4.78 is 95.6. The number of hydrogen-bond donors (Lipinski definition) is 1. The number of carbonyl (C=O) groups excluding carboxylic acids is 1. The maximum absolute atomic E-state index is 13.0. The van der Waals surface area contributed by atoms with Gasteiger partial charge in [0.15, 0.2) is 17.5 Å². The van der Waals surface area contributed by atoms with E-state index in [9.17, 15) is 39.6 Å². The van der Waals surface area contributed by atoms with Gasteiger partial charge in [0.2, 0.25) is 0 Å². The standard InChI is InChI=1S/C8H3F6NO3S/c9-4-2-1-3(5(10)6(4)11)7(16)15-19(17,18)8(12,13)14/h1-2H,(H,15,16). The van der Waals surface area contributed by atoms with Gasteiger partial charge in [0.25, 0.3) is 5.91 Å². The number of carbonyl (C=O) groups is 1. The molecule has 1 aromatic rings. The fourth-order valence-electron chi connectivity index (χ4n) is 0.936. The predicted octanol–water partition coefficient (Wildman–Crippen LogP) is 1.68. The van der Waals surface area contributed by atoms with Crippen molar-refractivity contribution in [1.82, 2.24) is 4.72 Å². The normalized spacial score (nSPS) is 12.3. The molecule has 0 aliphatic heterocycles. The maximum Gasteiger partial charge on any atom is 0.516 e. The molecule has 0 aliphatic carbocycles. The molecule has 4 nitrogen and oxygen atoms in total. The van der Waals surface area contributed by atoms with Crippen LogP contribution in [0.15, 0.2) is 12.1 Å². The molecule has 0 aliphatic rings. The van der Waals surface area contributed by atoms with E-state index in [2.05, 4.69) is 0 Å². The van der Waals surface area contributed by atoms with Crippen LogP contribution in [0.1, 0.15) is 10.4 Å². The number of halogens is 6. The Morgan fingerprint density at radius 2 is 1.58 bits per heavy atom. The Morgan fingerprint density at radius 3 is 2.05 bits per heavy atom. The first-order valence-corrected chi connectivity index (χ1v) is 5.72. The molecule has 0 saturated carbocycles. The summed E-state index contributed by atoms with van der Waals surface area (Å²) in [6.45, 7) is 0. The molecule has 11 heteroatoms.